The summed E-state index contributed by atoms with van der Waals surface area (Å²) in [7, 11) is 1.53. The molecule has 0 aromatic heterocycles. The molecule has 0 aliphatic carbocycles. The fourth-order valence-corrected chi connectivity index (χ4v) is 2.08. The molecule has 5 nitrogen and oxygen atoms in total. The zero-order chi connectivity index (χ0) is 14.7. The van der Waals surface area contributed by atoms with Gasteiger partial charge in [0.2, 0.25) is 0 Å². The SMILES string of the molecule is COc1ccccc1Nc1c(Cl)cc(N)cc1C(=O)O. The molecule has 0 aliphatic rings. The zero-order valence-electron chi connectivity index (χ0n) is 10.7. The maximum atomic E-state index is 11.3. The molecule has 0 heterocycles. The standard InChI is InChI=1S/C14H13ClN2O3/c1-20-12-5-3-2-4-11(12)17-13-9(14(18)19)6-8(16)7-10(13)15/h2-7,17H,16H2,1H3,(H,18,19). The van der Waals surface area contributed by atoms with Crippen molar-refractivity contribution in [2.24, 2.45) is 0 Å². The number of hydrogen-bond acceptors (Lipinski definition) is 4. The highest BCUT2D eigenvalue weighted by Crippen LogP contribution is 2.34. The number of carboxylic acid groups (broad SMARTS) is 1. The van der Waals surface area contributed by atoms with Gasteiger partial charge in [0.15, 0.2) is 0 Å². The highest BCUT2D eigenvalue weighted by atomic mass is 35.5. The monoisotopic (exact) mass is 292 g/mol. The summed E-state index contributed by atoms with van der Waals surface area (Å²) in [6.45, 7) is 0. The van der Waals surface area contributed by atoms with Crippen LogP contribution in [-0.2, 0) is 0 Å². The van der Waals surface area contributed by atoms with E-state index >= 15 is 0 Å². The lowest BCUT2D eigenvalue weighted by Gasteiger charge is -2.14. The Bertz CT molecular complexity index is 659. The van der Waals surface area contributed by atoms with Crippen LogP contribution in [0.5, 0.6) is 5.75 Å². The summed E-state index contributed by atoms with van der Waals surface area (Å²) >= 11 is 6.08. The van der Waals surface area contributed by atoms with Gasteiger partial charge < -0.3 is 20.9 Å². The summed E-state index contributed by atoms with van der Waals surface area (Å²) in [5.41, 5.74) is 6.80. The molecule has 0 aliphatic heterocycles. The molecule has 0 radical (unpaired) electrons. The molecule has 0 saturated carbocycles. The first-order chi connectivity index (χ1) is 9.52. The van der Waals surface area contributed by atoms with Crippen molar-refractivity contribution >= 4 is 34.6 Å². The topological polar surface area (TPSA) is 84.6 Å². The van der Waals surface area contributed by atoms with Gasteiger partial charge in [-0.1, -0.05) is 23.7 Å². The Balaban J connectivity index is 2.50. The van der Waals surface area contributed by atoms with Gasteiger partial charge in [-0.2, -0.15) is 0 Å². The van der Waals surface area contributed by atoms with Gasteiger partial charge in [0, 0.05) is 5.69 Å². The van der Waals surface area contributed by atoms with Crippen molar-refractivity contribution in [3.8, 4) is 5.75 Å². The van der Waals surface area contributed by atoms with Crippen molar-refractivity contribution in [3.63, 3.8) is 0 Å². The Morgan fingerprint density at radius 2 is 2.05 bits per heavy atom. The van der Waals surface area contributed by atoms with Crippen LogP contribution in [-0.4, -0.2) is 18.2 Å². The molecule has 4 N–H and O–H groups in total. The van der Waals surface area contributed by atoms with Gasteiger partial charge in [-0.05, 0) is 24.3 Å². The van der Waals surface area contributed by atoms with E-state index in [2.05, 4.69) is 5.32 Å². The van der Waals surface area contributed by atoms with E-state index in [1.54, 1.807) is 18.2 Å². The second-order valence-corrected chi connectivity index (χ2v) is 4.46. The van der Waals surface area contributed by atoms with Crippen molar-refractivity contribution < 1.29 is 14.6 Å². The summed E-state index contributed by atoms with van der Waals surface area (Å²) in [5, 5.41) is 12.4. The molecule has 0 saturated heterocycles. The molecule has 0 bridgehead atoms. The molecule has 2 aromatic carbocycles. The van der Waals surface area contributed by atoms with E-state index in [4.69, 9.17) is 22.1 Å². The van der Waals surface area contributed by atoms with E-state index in [1.165, 1.54) is 19.2 Å². The summed E-state index contributed by atoms with van der Waals surface area (Å²) in [6, 6.07) is 9.98. The molecule has 0 amide bonds. The molecule has 20 heavy (non-hydrogen) atoms. The molecule has 0 atom stereocenters. The summed E-state index contributed by atoms with van der Waals surface area (Å²) in [4.78, 5) is 11.3. The quantitative estimate of drug-likeness (QED) is 0.752. The third kappa shape index (κ3) is 2.78. The van der Waals surface area contributed by atoms with Gasteiger partial charge in [0.25, 0.3) is 0 Å². The predicted molar refractivity (Wildman–Crippen MR) is 79.1 cm³/mol. The second-order valence-electron chi connectivity index (χ2n) is 4.06. The zero-order valence-corrected chi connectivity index (χ0v) is 11.4. The third-order valence-corrected chi connectivity index (χ3v) is 3.01. The minimum Gasteiger partial charge on any atom is -0.495 e. The number of nitrogen functional groups attached to an aromatic ring is 1. The predicted octanol–water partition coefficient (Wildman–Crippen LogP) is 3.37. The van der Waals surface area contributed by atoms with Gasteiger partial charge >= 0.3 is 5.97 Å². The van der Waals surface area contributed by atoms with Crippen molar-refractivity contribution in [2.75, 3.05) is 18.2 Å². The molecule has 0 spiro atoms. The molecule has 0 unspecified atom stereocenters. The number of carbonyl (C=O) groups is 1. The Morgan fingerprint density at radius 1 is 1.35 bits per heavy atom. The van der Waals surface area contributed by atoms with E-state index in [9.17, 15) is 9.90 Å². The van der Waals surface area contributed by atoms with Crippen LogP contribution in [0.15, 0.2) is 36.4 Å². The number of ether oxygens (including phenoxy) is 1. The van der Waals surface area contributed by atoms with Crippen LogP contribution in [0.3, 0.4) is 0 Å². The second kappa shape index (κ2) is 5.71. The number of benzene rings is 2. The van der Waals surface area contributed by atoms with Gasteiger partial charge in [-0.3, -0.25) is 0 Å². The van der Waals surface area contributed by atoms with Gasteiger partial charge in [-0.15, -0.1) is 0 Å². The van der Waals surface area contributed by atoms with Crippen LogP contribution in [0.25, 0.3) is 0 Å². The van der Waals surface area contributed by atoms with Gasteiger partial charge in [-0.25, -0.2) is 4.79 Å². The smallest absolute Gasteiger partial charge is 0.337 e. The minimum atomic E-state index is -1.11. The first kappa shape index (κ1) is 14.0. The van der Waals surface area contributed by atoms with Crippen LogP contribution >= 0.6 is 11.6 Å². The Morgan fingerprint density at radius 3 is 2.70 bits per heavy atom. The van der Waals surface area contributed by atoms with Crippen molar-refractivity contribution in [3.05, 3.63) is 47.0 Å². The maximum Gasteiger partial charge on any atom is 0.337 e. The average molecular weight is 293 g/mol. The number of rotatable bonds is 4. The number of carboxylic acids is 1. The normalized spacial score (nSPS) is 10.1. The Kier molecular flexibility index (Phi) is 4.00. The van der Waals surface area contributed by atoms with E-state index in [0.717, 1.165) is 0 Å². The Hall–Kier alpha value is -2.40. The molecule has 6 heteroatoms. The maximum absolute atomic E-state index is 11.3. The molecular weight excluding hydrogens is 280 g/mol. The van der Waals surface area contributed by atoms with E-state index in [1.807, 2.05) is 6.07 Å². The molecular formula is C14H13ClN2O3. The Labute approximate surface area is 120 Å². The molecule has 104 valence electrons. The lowest BCUT2D eigenvalue weighted by atomic mass is 10.1. The number of nitrogens with two attached hydrogens (primary N) is 1. The van der Waals surface area contributed by atoms with Crippen LogP contribution in [0, 0.1) is 0 Å². The van der Waals surface area contributed by atoms with Crippen LogP contribution < -0.4 is 15.8 Å². The fraction of sp³-hybridized carbons (Fsp3) is 0.0714. The van der Waals surface area contributed by atoms with Crippen molar-refractivity contribution in [1.82, 2.24) is 0 Å². The van der Waals surface area contributed by atoms with Gasteiger partial charge in [0.05, 0.1) is 29.1 Å². The van der Waals surface area contributed by atoms with E-state index in [0.29, 0.717) is 11.4 Å². The number of aromatic carboxylic acids is 1. The lowest BCUT2D eigenvalue weighted by molar-refractivity contribution is 0.0698. The number of hydrogen-bond donors (Lipinski definition) is 3. The molecule has 0 fully saturated rings. The summed E-state index contributed by atoms with van der Waals surface area (Å²) in [5.74, 6) is -0.534. The number of halogens is 1. The van der Waals surface area contributed by atoms with Crippen LogP contribution in [0.4, 0.5) is 17.1 Å². The number of nitrogens with one attached hydrogen (secondary N) is 1. The first-order valence-electron chi connectivity index (χ1n) is 5.75. The van der Waals surface area contributed by atoms with Crippen LogP contribution in [0.2, 0.25) is 5.02 Å². The van der Waals surface area contributed by atoms with E-state index < -0.39 is 5.97 Å². The highest BCUT2D eigenvalue weighted by molar-refractivity contribution is 6.34. The number of anilines is 3. The minimum absolute atomic E-state index is 0.000839. The molecule has 2 aromatic rings. The number of methoxy groups -OCH3 is 1. The lowest BCUT2D eigenvalue weighted by Crippen LogP contribution is -2.05. The largest absolute Gasteiger partial charge is 0.495 e. The van der Waals surface area contributed by atoms with Crippen LogP contribution in [0.1, 0.15) is 10.4 Å². The molecule has 2 rings (SSSR count). The number of para-hydroxylation sites is 2. The van der Waals surface area contributed by atoms with E-state index in [-0.39, 0.29) is 22.0 Å². The summed E-state index contributed by atoms with van der Waals surface area (Å²) in [6.07, 6.45) is 0. The highest BCUT2D eigenvalue weighted by Gasteiger charge is 2.16. The fourth-order valence-electron chi connectivity index (χ4n) is 1.81. The van der Waals surface area contributed by atoms with Gasteiger partial charge in [0.1, 0.15) is 5.75 Å². The third-order valence-electron chi connectivity index (χ3n) is 2.71. The average Bonchev–Trinajstić information content (AvgIpc) is 2.41. The van der Waals surface area contributed by atoms with Crippen molar-refractivity contribution in [2.45, 2.75) is 0 Å². The van der Waals surface area contributed by atoms with Crippen molar-refractivity contribution in [1.29, 1.82) is 0 Å². The first-order valence-corrected chi connectivity index (χ1v) is 6.13. The summed E-state index contributed by atoms with van der Waals surface area (Å²) < 4.78 is 5.20.